The highest BCUT2D eigenvalue weighted by atomic mass is 16.6. The summed E-state index contributed by atoms with van der Waals surface area (Å²) in [5, 5.41) is 11.7. The van der Waals surface area contributed by atoms with Crippen LogP contribution in [0.1, 0.15) is 19.4 Å². The van der Waals surface area contributed by atoms with Gasteiger partial charge in [0.2, 0.25) is 0 Å². The first-order valence-electron chi connectivity index (χ1n) is 6.12. The number of aromatic nitrogens is 1. The largest absolute Gasteiger partial charge is 0.361 e. The van der Waals surface area contributed by atoms with E-state index in [0.717, 1.165) is 36.1 Å². The third-order valence-corrected chi connectivity index (χ3v) is 3.25. The lowest BCUT2D eigenvalue weighted by atomic mass is 10.1. The summed E-state index contributed by atoms with van der Waals surface area (Å²) in [5.74, 6) is 0. The van der Waals surface area contributed by atoms with Crippen LogP contribution in [0, 0.1) is 10.1 Å². The maximum absolute atomic E-state index is 10.8. The van der Waals surface area contributed by atoms with Crippen molar-refractivity contribution in [2.24, 2.45) is 0 Å². The zero-order valence-electron chi connectivity index (χ0n) is 10.6. The predicted molar refractivity (Wildman–Crippen MR) is 71.6 cm³/mol. The summed E-state index contributed by atoms with van der Waals surface area (Å²) in [7, 11) is 0. The molecule has 0 unspecified atom stereocenters. The number of H-pyrrole nitrogens is 1. The molecule has 96 valence electrons. The highest BCUT2D eigenvalue weighted by molar-refractivity contribution is 5.85. The third kappa shape index (κ3) is 2.36. The Balaban J connectivity index is 2.39. The van der Waals surface area contributed by atoms with Crippen LogP contribution in [0.3, 0.4) is 0 Å². The summed E-state index contributed by atoms with van der Waals surface area (Å²) in [6.45, 7) is 6.98. The van der Waals surface area contributed by atoms with Gasteiger partial charge in [-0.05, 0) is 24.7 Å². The van der Waals surface area contributed by atoms with Crippen molar-refractivity contribution >= 4 is 16.6 Å². The summed E-state index contributed by atoms with van der Waals surface area (Å²) in [6, 6.07) is 4.93. The molecular weight excluding hydrogens is 230 g/mol. The van der Waals surface area contributed by atoms with E-state index in [2.05, 4.69) is 23.7 Å². The van der Waals surface area contributed by atoms with E-state index in [4.69, 9.17) is 0 Å². The summed E-state index contributed by atoms with van der Waals surface area (Å²) in [6.07, 6.45) is 1.94. The second-order valence-electron chi connectivity index (χ2n) is 4.26. The van der Waals surface area contributed by atoms with Gasteiger partial charge in [0.25, 0.3) is 5.69 Å². The van der Waals surface area contributed by atoms with E-state index in [9.17, 15) is 10.1 Å². The normalized spacial score (nSPS) is 11.3. The van der Waals surface area contributed by atoms with Crippen molar-refractivity contribution in [1.82, 2.24) is 9.88 Å². The Kier molecular flexibility index (Phi) is 3.62. The van der Waals surface area contributed by atoms with E-state index in [1.807, 2.05) is 6.20 Å². The Morgan fingerprint density at radius 2 is 2.06 bits per heavy atom. The smallest absolute Gasteiger partial charge is 0.270 e. The molecule has 0 bridgehead atoms. The van der Waals surface area contributed by atoms with Gasteiger partial charge in [0.15, 0.2) is 0 Å². The Morgan fingerprint density at radius 3 is 2.67 bits per heavy atom. The lowest BCUT2D eigenvalue weighted by molar-refractivity contribution is -0.384. The van der Waals surface area contributed by atoms with Crippen molar-refractivity contribution in [3.05, 3.63) is 40.1 Å². The summed E-state index contributed by atoms with van der Waals surface area (Å²) >= 11 is 0. The Labute approximate surface area is 106 Å². The molecule has 18 heavy (non-hydrogen) atoms. The molecule has 5 nitrogen and oxygen atoms in total. The summed E-state index contributed by atoms with van der Waals surface area (Å²) in [5.41, 5.74) is 2.20. The maximum Gasteiger partial charge on any atom is 0.270 e. The molecule has 0 aliphatic heterocycles. The molecule has 2 aromatic rings. The van der Waals surface area contributed by atoms with Crippen molar-refractivity contribution in [1.29, 1.82) is 0 Å². The number of benzene rings is 1. The first-order chi connectivity index (χ1) is 8.65. The molecule has 0 amide bonds. The SMILES string of the molecule is CCN(CC)Cc1c[nH]c2ccc([N+](=O)[O-])cc12. The molecule has 5 heteroatoms. The molecule has 0 atom stereocenters. The van der Waals surface area contributed by atoms with Gasteiger partial charge in [-0.15, -0.1) is 0 Å². The van der Waals surface area contributed by atoms with Gasteiger partial charge in [-0.2, -0.15) is 0 Å². The Hall–Kier alpha value is -1.88. The van der Waals surface area contributed by atoms with Crippen LogP contribution in [0.4, 0.5) is 5.69 Å². The third-order valence-electron chi connectivity index (χ3n) is 3.25. The van der Waals surface area contributed by atoms with Crippen molar-refractivity contribution < 1.29 is 4.92 Å². The second kappa shape index (κ2) is 5.18. The lowest BCUT2D eigenvalue weighted by Gasteiger charge is -2.17. The standard InChI is InChI=1S/C13H17N3O2/c1-3-15(4-2)9-10-8-14-13-6-5-11(16(17)18)7-12(10)13/h5-8,14H,3-4,9H2,1-2H3. The number of fused-ring (bicyclic) bond motifs is 1. The van der Waals surface area contributed by atoms with Crippen LogP contribution in [-0.2, 0) is 6.54 Å². The van der Waals surface area contributed by atoms with Crippen LogP contribution >= 0.6 is 0 Å². The zero-order chi connectivity index (χ0) is 13.1. The van der Waals surface area contributed by atoms with Crippen molar-refractivity contribution in [2.45, 2.75) is 20.4 Å². The van der Waals surface area contributed by atoms with Crippen molar-refractivity contribution in [3.8, 4) is 0 Å². The fraction of sp³-hybridized carbons (Fsp3) is 0.385. The maximum atomic E-state index is 10.8. The number of hydrogen-bond acceptors (Lipinski definition) is 3. The lowest BCUT2D eigenvalue weighted by Crippen LogP contribution is -2.21. The first kappa shape index (κ1) is 12.6. The van der Waals surface area contributed by atoms with Gasteiger partial charge in [0.05, 0.1) is 4.92 Å². The fourth-order valence-corrected chi connectivity index (χ4v) is 2.10. The second-order valence-corrected chi connectivity index (χ2v) is 4.26. The minimum Gasteiger partial charge on any atom is -0.361 e. The monoisotopic (exact) mass is 247 g/mol. The van der Waals surface area contributed by atoms with Crippen LogP contribution in [-0.4, -0.2) is 27.9 Å². The average molecular weight is 247 g/mol. The number of nitrogens with zero attached hydrogens (tertiary/aromatic N) is 2. The number of aromatic amines is 1. The molecule has 0 spiro atoms. The van der Waals surface area contributed by atoms with Crippen LogP contribution < -0.4 is 0 Å². The number of rotatable bonds is 5. The summed E-state index contributed by atoms with van der Waals surface area (Å²) < 4.78 is 0. The van der Waals surface area contributed by atoms with Gasteiger partial charge < -0.3 is 4.98 Å². The Morgan fingerprint density at radius 1 is 1.33 bits per heavy atom. The molecule has 1 heterocycles. The molecule has 0 aliphatic carbocycles. The van der Waals surface area contributed by atoms with Gasteiger partial charge in [0.1, 0.15) is 0 Å². The molecular formula is C13H17N3O2. The Bertz CT molecular complexity index is 558. The fourth-order valence-electron chi connectivity index (χ4n) is 2.10. The van der Waals surface area contributed by atoms with E-state index in [0.29, 0.717) is 0 Å². The minimum absolute atomic E-state index is 0.142. The molecule has 0 fully saturated rings. The molecule has 0 saturated heterocycles. The van der Waals surface area contributed by atoms with Crippen LogP contribution in [0.2, 0.25) is 0 Å². The number of hydrogen-bond donors (Lipinski definition) is 1. The number of nitro benzene ring substituents is 1. The highest BCUT2D eigenvalue weighted by Gasteiger charge is 2.11. The first-order valence-corrected chi connectivity index (χ1v) is 6.12. The van der Waals surface area contributed by atoms with E-state index in [-0.39, 0.29) is 10.6 Å². The van der Waals surface area contributed by atoms with Gasteiger partial charge in [0, 0.05) is 35.8 Å². The molecule has 1 aromatic carbocycles. The molecule has 0 saturated carbocycles. The van der Waals surface area contributed by atoms with E-state index in [1.54, 1.807) is 12.1 Å². The molecule has 1 aromatic heterocycles. The highest BCUT2D eigenvalue weighted by Crippen LogP contribution is 2.24. The predicted octanol–water partition coefficient (Wildman–Crippen LogP) is 2.92. The van der Waals surface area contributed by atoms with Gasteiger partial charge in [-0.25, -0.2) is 0 Å². The number of nitro groups is 1. The van der Waals surface area contributed by atoms with Crippen LogP contribution in [0.5, 0.6) is 0 Å². The number of nitrogens with one attached hydrogen (secondary N) is 1. The molecule has 1 N–H and O–H groups in total. The van der Waals surface area contributed by atoms with Crippen LogP contribution in [0.25, 0.3) is 10.9 Å². The summed E-state index contributed by atoms with van der Waals surface area (Å²) in [4.78, 5) is 15.9. The number of non-ortho nitro benzene ring substituents is 1. The average Bonchev–Trinajstić information content (AvgIpc) is 2.78. The molecule has 2 rings (SSSR count). The van der Waals surface area contributed by atoms with Crippen molar-refractivity contribution in [3.63, 3.8) is 0 Å². The van der Waals surface area contributed by atoms with Gasteiger partial charge >= 0.3 is 0 Å². The van der Waals surface area contributed by atoms with Gasteiger partial charge in [-0.1, -0.05) is 13.8 Å². The zero-order valence-corrected chi connectivity index (χ0v) is 10.6. The van der Waals surface area contributed by atoms with Crippen molar-refractivity contribution in [2.75, 3.05) is 13.1 Å². The molecule has 0 aliphatic rings. The van der Waals surface area contributed by atoms with Crippen LogP contribution in [0.15, 0.2) is 24.4 Å². The van der Waals surface area contributed by atoms with E-state index < -0.39 is 0 Å². The quantitative estimate of drug-likeness (QED) is 0.652. The van der Waals surface area contributed by atoms with E-state index >= 15 is 0 Å². The minimum atomic E-state index is -0.354. The van der Waals surface area contributed by atoms with Gasteiger partial charge in [-0.3, -0.25) is 15.0 Å². The topological polar surface area (TPSA) is 62.2 Å². The molecule has 0 radical (unpaired) electrons. The van der Waals surface area contributed by atoms with E-state index in [1.165, 1.54) is 6.07 Å².